The lowest BCUT2D eigenvalue weighted by atomic mass is 10.1. The molecule has 11 heavy (non-hydrogen) atoms. The maximum Gasteiger partial charge on any atom is 0.196 e. The second-order valence-corrected chi connectivity index (χ2v) is 4.54. The van der Waals surface area contributed by atoms with E-state index in [4.69, 9.17) is 10.1 Å². The molecule has 1 atom stereocenters. The summed E-state index contributed by atoms with van der Waals surface area (Å²) in [7, 11) is 0. The van der Waals surface area contributed by atoms with Gasteiger partial charge in [0.1, 0.15) is 0 Å². The first-order chi connectivity index (χ1) is 5.19. The summed E-state index contributed by atoms with van der Waals surface area (Å²) in [6.07, 6.45) is 2.31. The minimum absolute atomic E-state index is 0.0178. The first kappa shape index (κ1) is 8.91. The van der Waals surface area contributed by atoms with Crippen molar-refractivity contribution >= 4 is 17.7 Å². The van der Waals surface area contributed by atoms with Crippen LogP contribution >= 0.6 is 11.8 Å². The van der Waals surface area contributed by atoms with E-state index in [-0.39, 0.29) is 4.75 Å². The Bertz CT molecular complexity index is 152. The van der Waals surface area contributed by atoms with Crippen molar-refractivity contribution in [2.24, 2.45) is 0 Å². The smallest absolute Gasteiger partial charge is 0.196 e. The Morgan fingerprint density at radius 1 is 1.73 bits per heavy atom. The van der Waals surface area contributed by atoms with Gasteiger partial charge in [0, 0.05) is 0 Å². The summed E-state index contributed by atoms with van der Waals surface area (Å²) >= 11 is 1.84. The molecule has 1 saturated heterocycles. The zero-order chi connectivity index (χ0) is 8.32. The second-order valence-electron chi connectivity index (χ2n) is 2.95. The monoisotopic (exact) mass is 173 g/mol. The average molecular weight is 173 g/mol. The molecule has 1 heterocycles. The molecule has 1 aliphatic rings. The SMILES string of the molecule is CCOC(=N)C1(C)CCCS1. The van der Waals surface area contributed by atoms with Crippen LogP contribution in [0.5, 0.6) is 0 Å². The van der Waals surface area contributed by atoms with Crippen LogP contribution in [0.15, 0.2) is 0 Å². The van der Waals surface area contributed by atoms with Crippen LogP contribution in [-0.4, -0.2) is 23.0 Å². The van der Waals surface area contributed by atoms with Gasteiger partial charge in [-0.1, -0.05) is 0 Å². The van der Waals surface area contributed by atoms with Gasteiger partial charge >= 0.3 is 0 Å². The normalized spacial score (nSPS) is 30.4. The summed E-state index contributed by atoms with van der Waals surface area (Å²) in [5.41, 5.74) is 0. The van der Waals surface area contributed by atoms with E-state index in [1.54, 1.807) is 0 Å². The molecule has 0 bridgehead atoms. The van der Waals surface area contributed by atoms with Crippen molar-refractivity contribution in [1.29, 1.82) is 5.41 Å². The Labute approximate surface area is 72.2 Å². The van der Waals surface area contributed by atoms with Gasteiger partial charge in [-0.3, -0.25) is 5.41 Å². The van der Waals surface area contributed by atoms with E-state index in [0.29, 0.717) is 12.5 Å². The van der Waals surface area contributed by atoms with Crippen LogP contribution in [0.25, 0.3) is 0 Å². The highest BCUT2D eigenvalue weighted by atomic mass is 32.2. The van der Waals surface area contributed by atoms with Gasteiger partial charge in [0.2, 0.25) is 0 Å². The molecule has 3 heteroatoms. The van der Waals surface area contributed by atoms with Gasteiger partial charge in [-0.15, -0.1) is 11.8 Å². The van der Waals surface area contributed by atoms with Crippen LogP contribution in [-0.2, 0) is 4.74 Å². The summed E-state index contributed by atoms with van der Waals surface area (Å²) in [6.45, 7) is 4.65. The Balaban J connectivity index is 2.49. The standard InChI is InChI=1S/C8H15NOS/c1-3-10-7(9)8(2)5-4-6-11-8/h9H,3-6H2,1-2H3. The van der Waals surface area contributed by atoms with Gasteiger partial charge in [-0.25, -0.2) is 0 Å². The van der Waals surface area contributed by atoms with Crippen molar-refractivity contribution in [2.75, 3.05) is 12.4 Å². The molecule has 0 aromatic carbocycles. The molecule has 1 fully saturated rings. The molecule has 0 aromatic heterocycles. The maximum absolute atomic E-state index is 7.64. The molecule has 1 unspecified atom stereocenters. The minimum atomic E-state index is -0.0178. The topological polar surface area (TPSA) is 33.1 Å². The van der Waals surface area contributed by atoms with Gasteiger partial charge in [-0.05, 0) is 32.4 Å². The molecule has 0 aliphatic carbocycles. The van der Waals surface area contributed by atoms with Crippen molar-refractivity contribution in [2.45, 2.75) is 31.4 Å². The molecule has 0 amide bonds. The number of hydrogen-bond acceptors (Lipinski definition) is 3. The van der Waals surface area contributed by atoms with E-state index in [1.807, 2.05) is 18.7 Å². The summed E-state index contributed by atoms with van der Waals surface area (Å²) in [5.74, 6) is 1.63. The van der Waals surface area contributed by atoms with E-state index in [2.05, 4.69) is 6.92 Å². The lowest BCUT2D eigenvalue weighted by molar-refractivity contribution is 0.304. The van der Waals surface area contributed by atoms with E-state index in [9.17, 15) is 0 Å². The fraction of sp³-hybridized carbons (Fsp3) is 0.875. The molecule has 1 aliphatic heterocycles. The number of thioether (sulfide) groups is 1. The van der Waals surface area contributed by atoms with Crippen LogP contribution < -0.4 is 0 Å². The first-order valence-electron chi connectivity index (χ1n) is 4.05. The molecule has 1 N–H and O–H groups in total. The zero-order valence-corrected chi connectivity index (χ0v) is 7.96. The zero-order valence-electron chi connectivity index (χ0n) is 7.14. The Morgan fingerprint density at radius 3 is 2.91 bits per heavy atom. The van der Waals surface area contributed by atoms with Crippen LogP contribution in [0.2, 0.25) is 0 Å². The summed E-state index contributed by atoms with van der Waals surface area (Å²) < 4.78 is 5.17. The first-order valence-corrected chi connectivity index (χ1v) is 5.03. The third-order valence-electron chi connectivity index (χ3n) is 1.99. The molecular weight excluding hydrogens is 158 g/mol. The molecular formula is C8H15NOS. The lowest BCUT2D eigenvalue weighted by Gasteiger charge is -2.22. The second kappa shape index (κ2) is 3.48. The van der Waals surface area contributed by atoms with Gasteiger partial charge < -0.3 is 4.74 Å². The van der Waals surface area contributed by atoms with Crippen molar-refractivity contribution in [3.05, 3.63) is 0 Å². The third kappa shape index (κ3) is 1.89. The van der Waals surface area contributed by atoms with E-state index < -0.39 is 0 Å². The number of ether oxygens (including phenoxy) is 1. The molecule has 1 rings (SSSR count). The predicted octanol–water partition coefficient (Wildman–Crippen LogP) is 2.29. The molecule has 64 valence electrons. The van der Waals surface area contributed by atoms with Crippen LogP contribution in [0.1, 0.15) is 26.7 Å². The number of hydrogen-bond donors (Lipinski definition) is 1. The highest BCUT2D eigenvalue weighted by Gasteiger charge is 2.35. The minimum Gasteiger partial charge on any atom is -0.480 e. The molecule has 0 radical (unpaired) electrons. The molecule has 2 nitrogen and oxygen atoms in total. The maximum atomic E-state index is 7.64. The van der Waals surface area contributed by atoms with Gasteiger partial charge in [-0.2, -0.15) is 0 Å². The highest BCUT2D eigenvalue weighted by molar-refractivity contribution is 8.01. The van der Waals surface area contributed by atoms with Crippen molar-refractivity contribution in [3.8, 4) is 0 Å². The summed E-state index contributed by atoms with van der Waals surface area (Å²) in [6, 6.07) is 0. The molecule has 0 saturated carbocycles. The Hall–Kier alpha value is -0.180. The van der Waals surface area contributed by atoms with Crippen LogP contribution in [0.4, 0.5) is 0 Å². The van der Waals surface area contributed by atoms with Crippen molar-refractivity contribution in [3.63, 3.8) is 0 Å². The Morgan fingerprint density at radius 2 is 2.45 bits per heavy atom. The number of rotatable bonds is 2. The Kier molecular flexibility index (Phi) is 2.82. The van der Waals surface area contributed by atoms with Gasteiger partial charge in [0.25, 0.3) is 0 Å². The van der Waals surface area contributed by atoms with Crippen LogP contribution in [0.3, 0.4) is 0 Å². The van der Waals surface area contributed by atoms with E-state index >= 15 is 0 Å². The summed E-state index contributed by atoms with van der Waals surface area (Å²) in [4.78, 5) is 0. The number of nitrogens with one attached hydrogen (secondary N) is 1. The fourth-order valence-corrected chi connectivity index (χ4v) is 2.47. The van der Waals surface area contributed by atoms with Crippen molar-refractivity contribution < 1.29 is 4.74 Å². The molecule has 0 spiro atoms. The van der Waals surface area contributed by atoms with Crippen LogP contribution in [0, 0.1) is 5.41 Å². The average Bonchev–Trinajstić information content (AvgIpc) is 2.38. The quantitative estimate of drug-likeness (QED) is 0.513. The summed E-state index contributed by atoms with van der Waals surface area (Å²) in [5, 5.41) is 7.64. The molecule has 0 aromatic rings. The largest absolute Gasteiger partial charge is 0.480 e. The third-order valence-corrected chi connectivity index (χ3v) is 3.51. The van der Waals surface area contributed by atoms with Gasteiger partial charge in [0.05, 0.1) is 11.4 Å². The fourth-order valence-electron chi connectivity index (χ4n) is 1.26. The van der Waals surface area contributed by atoms with Crippen molar-refractivity contribution in [1.82, 2.24) is 0 Å². The highest BCUT2D eigenvalue weighted by Crippen LogP contribution is 2.38. The lowest BCUT2D eigenvalue weighted by Crippen LogP contribution is -2.30. The predicted molar refractivity (Wildman–Crippen MR) is 49.4 cm³/mol. The van der Waals surface area contributed by atoms with E-state index in [0.717, 1.165) is 6.42 Å². The van der Waals surface area contributed by atoms with Gasteiger partial charge in [0.15, 0.2) is 5.90 Å². The van der Waals surface area contributed by atoms with E-state index in [1.165, 1.54) is 12.2 Å².